The third kappa shape index (κ3) is 5.92. The summed E-state index contributed by atoms with van der Waals surface area (Å²) in [5.74, 6) is -0.903. The van der Waals surface area contributed by atoms with Gasteiger partial charge in [0.05, 0.1) is 17.4 Å². The summed E-state index contributed by atoms with van der Waals surface area (Å²) in [5.41, 5.74) is -0.0930. The van der Waals surface area contributed by atoms with Crippen LogP contribution in [0.1, 0.15) is 13.3 Å². The van der Waals surface area contributed by atoms with E-state index >= 15 is 0 Å². The van der Waals surface area contributed by atoms with Crippen LogP contribution in [0.2, 0.25) is 0 Å². The molecule has 0 radical (unpaired) electrons. The fourth-order valence-corrected chi connectivity index (χ4v) is 1.73. The normalized spacial score (nSPS) is 11.0. The highest BCUT2D eigenvalue weighted by Crippen LogP contribution is 2.17. The summed E-state index contributed by atoms with van der Waals surface area (Å²) in [7, 11) is 1.51. The molecule has 0 N–H and O–H groups in total. The summed E-state index contributed by atoms with van der Waals surface area (Å²) in [6.07, 6.45) is -0.812. The molecule has 0 bridgehead atoms. The predicted molar refractivity (Wildman–Crippen MR) is 82.0 cm³/mol. The van der Waals surface area contributed by atoms with Crippen molar-refractivity contribution in [2.24, 2.45) is 0 Å². The van der Waals surface area contributed by atoms with E-state index in [9.17, 15) is 19.7 Å². The number of nitro benzene ring substituents is 1. The fraction of sp³-hybridized carbons (Fsp3) is 0.400. The van der Waals surface area contributed by atoms with Gasteiger partial charge in [-0.25, -0.2) is 4.79 Å². The van der Waals surface area contributed by atoms with Gasteiger partial charge in [-0.15, -0.1) is 0 Å². The summed E-state index contributed by atoms with van der Waals surface area (Å²) in [5, 5.41) is 19.0. The van der Waals surface area contributed by atoms with Gasteiger partial charge < -0.3 is 14.4 Å². The Morgan fingerprint density at radius 1 is 1.38 bits per heavy atom. The van der Waals surface area contributed by atoms with Gasteiger partial charge in [-0.3, -0.25) is 14.9 Å². The van der Waals surface area contributed by atoms with E-state index in [-0.39, 0.29) is 24.4 Å². The van der Waals surface area contributed by atoms with E-state index in [1.54, 1.807) is 0 Å². The molecule has 0 unspecified atom stereocenters. The van der Waals surface area contributed by atoms with Gasteiger partial charge >= 0.3 is 5.97 Å². The van der Waals surface area contributed by atoms with Crippen LogP contribution in [0, 0.1) is 21.4 Å². The Hall–Kier alpha value is -3.15. The molecule has 0 heterocycles. The Labute approximate surface area is 138 Å². The number of nitrogens with zero attached hydrogens (tertiary/aromatic N) is 3. The molecule has 1 rings (SSSR count). The topological polar surface area (TPSA) is 123 Å². The number of ether oxygens (including phenoxy) is 2. The van der Waals surface area contributed by atoms with Crippen molar-refractivity contribution >= 4 is 17.6 Å². The van der Waals surface area contributed by atoms with Crippen LogP contribution in [0.15, 0.2) is 24.3 Å². The minimum atomic E-state index is -0.998. The molecule has 0 aliphatic carbocycles. The number of benzene rings is 1. The van der Waals surface area contributed by atoms with Crippen molar-refractivity contribution in [3.8, 4) is 11.8 Å². The zero-order valence-corrected chi connectivity index (χ0v) is 13.3. The smallest absolute Gasteiger partial charge is 0.344 e. The second-order valence-corrected chi connectivity index (χ2v) is 4.84. The third-order valence-corrected chi connectivity index (χ3v) is 3.00. The van der Waals surface area contributed by atoms with E-state index in [2.05, 4.69) is 0 Å². The first-order valence-corrected chi connectivity index (χ1v) is 7.03. The molecule has 0 aromatic heterocycles. The molecular weight excluding hydrogens is 318 g/mol. The van der Waals surface area contributed by atoms with Gasteiger partial charge in [-0.05, 0) is 19.1 Å². The summed E-state index contributed by atoms with van der Waals surface area (Å²) in [4.78, 5) is 34.8. The Morgan fingerprint density at radius 3 is 2.54 bits per heavy atom. The van der Waals surface area contributed by atoms with Crippen molar-refractivity contribution in [2.75, 3.05) is 20.2 Å². The lowest BCUT2D eigenvalue weighted by atomic mass is 10.3. The monoisotopic (exact) mass is 335 g/mol. The molecule has 9 heteroatoms. The van der Waals surface area contributed by atoms with Gasteiger partial charge in [-0.1, -0.05) is 0 Å². The average molecular weight is 335 g/mol. The Balaban J connectivity index is 2.44. The van der Waals surface area contributed by atoms with E-state index in [1.807, 2.05) is 6.07 Å². The molecule has 0 saturated heterocycles. The molecule has 1 amide bonds. The van der Waals surface area contributed by atoms with Crippen LogP contribution in [0.25, 0.3) is 0 Å². The summed E-state index contributed by atoms with van der Waals surface area (Å²) in [6.45, 7) is 1.24. The molecule has 0 saturated carbocycles. The van der Waals surface area contributed by atoms with Crippen LogP contribution >= 0.6 is 0 Å². The summed E-state index contributed by atoms with van der Waals surface area (Å²) >= 11 is 0. The zero-order valence-electron chi connectivity index (χ0n) is 13.3. The SMILES string of the molecule is C[C@@H](OC(=O)COc1ccc([N+](=O)[O-])cc1)C(=O)N(C)CCC#N. The fourth-order valence-electron chi connectivity index (χ4n) is 1.73. The zero-order chi connectivity index (χ0) is 18.1. The van der Waals surface area contributed by atoms with Crippen molar-refractivity contribution in [1.82, 2.24) is 4.90 Å². The molecule has 0 fully saturated rings. The van der Waals surface area contributed by atoms with Crippen molar-refractivity contribution in [3.05, 3.63) is 34.4 Å². The first kappa shape index (κ1) is 18.9. The minimum Gasteiger partial charge on any atom is -0.482 e. The molecule has 9 nitrogen and oxygen atoms in total. The van der Waals surface area contributed by atoms with Crippen LogP contribution in [0.5, 0.6) is 5.75 Å². The highest BCUT2D eigenvalue weighted by Gasteiger charge is 2.21. The van der Waals surface area contributed by atoms with Gasteiger partial charge in [0.2, 0.25) is 0 Å². The second-order valence-electron chi connectivity index (χ2n) is 4.84. The number of esters is 1. The number of non-ortho nitro benzene ring substituents is 1. The number of hydrogen-bond acceptors (Lipinski definition) is 7. The lowest BCUT2D eigenvalue weighted by Crippen LogP contribution is -2.38. The summed E-state index contributed by atoms with van der Waals surface area (Å²) < 4.78 is 10.1. The van der Waals surface area contributed by atoms with Crippen molar-refractivity contribution in [1.29, 1.82) is 5.26 Å². The van der Waals surface area contributed by atoms with Crippen LogP contribution < -0.4 is 4.74 Å². The van der Waals surface area contributed by atoms with Crippen molar-refractivity contribution in [2.45, 2.75) is 19.4 Å². The lowest BCUT2D eigenvalue weighted by Gasteiger charge is -2.20. The number of nitriles is 1. The first-order chi connectivity index (χ1) is 11.3. The van der Waals surface area contributed by atoms with Gasteiger partial charge in [0, 0.05) is 25.7 Å². The van der Waals surface area contributed by atoms with E-state index < -0.39 is 29.5 Å². The van der Waals surface area contributed by atoms with Crippen LogP contribution in [0.4, 0.5) is 5.69 Å². The number of hydrogen-bond donors (Lipinski definition) is 0. The average Bonchev–Trinajstić information content (AvgIpc) is 2.57. The van der Waals surface area contributed by atoms with Crippen molar-refractivity contribution < 1.29 is 24.0 Å². The molecule has 128 valence electrons. The first-order valence-electron chi connectivity index (χ1n) is 7.03. The Bertz CT molecular complexity index is 638. The molecule has 1 aromatic rings. The number of amides is 1. The Morgan fingerprint density at radius 2 is 2.00 bits per heavy atom. The maximum Gasteiger partial charge on any atom is 0.344 e. The van der Waals surface area contributed by atoms with Crippen LogP contribution in [0.3, 0.4) is 0 Å². The van der Waals surface area contributed by atoms with Gasteiger partial charge in [0.1, 0.15) is 5.75 Å². The minimum absolute atomic E-state index is 0.0930. The van der Waals surface area contributed by atoms with E-state index in [1.165, 1.54) is 43.1 Å². The molecule has 0 aliphatic rings. The highest BCUT2D eigenvalue weighted by molar-refractivity contribution is 5.83. The summed E-state index contributed by atoms with van der Waals surface area (Å²) in [6, 6.07) is 7.13. The number of rotatable bonds is 8. The van der Waals surface area contributed by atoms with Crippen molar-refractivity contribution in [3.63, 3.8) is 0 Å². The molecule has 24 heavy (non-hydrogen) atoms. The van der Waals surface area contributed by atoms with Gasteiger partial charge in [-0.2, -0.15) is 5.26 Å². The third-order valence-electron chi connectivity index (χ3n) is 3.00. The van der Waals surface area contributed by atoms with Gasteiger partial charge in [0.15, 0.2) is 12.7 Å². The second kappa shape index (κ2) is 9.09. The molecule has 1 aromatic carbocycles. The lowest BCUT2D eigenvalue weighted by molar-refractivity contribution is -0.384. The quantitative estimate of drug-likeness (QED) is 0.398. The van der Waals surface area contributed by atoms with Gasteiger partial charge in [0.25, 0.3) is 11.6 Å². The standard InChI is InChI=1S/C15H17N3O6/c1-11(15(20)17(2)9-3-8-16)24-14(19)10-23-13-6-4-12(5-7-13)18(21)22/h4-7,11H,3,9-10H2,1-2H3/t11-/m1/s1. The highest BCUT2D eigenvalue weighted by atomic mass is 16.6. The molecule has 1 atom stereocenters. The maximum atomic E-state index is 11.9. The number of likely N-dealkylation sites (N-methyl/N-ethyl adjacent to an activating group) is 1. The van der Waals surface area contributed by atoms with E-state index in [0.717, 1.165) is 0 Å². The number of carbonyl (C=O) groups excluding carboxylic acids is 2. The van der Waals surface area contributed by atoms with E-state index in [4.69, 9.17) is 14.7 Å². The Kier molecular flexibility index (Phi) is 7.16. The largest absolute Gasteiger partial charge is 0.482 e. The predicted octanol–water partition coefficient (Wildman–Crippen LogP) is 1.28. The molecule has 0 spiro atoms. The van der Waals surface area contributed by atoms with E-state index in [0.29, 0.717) is 0 Å². The van der Waals surface area contributed by atoms with Crippen LogP contribution in [-0.2, 0) is 14.3 Å². The molecule has 0 aliphatic heterocycles. The maximum absolute atomic E-state index is 11.9. The molecular formula is C15H17N3O6. The van der Waals surface area contributed by atoms with Crippen LogP contribution in [-0.4, -0.2) is 48.0 Å². The number of nitro groups is 1. The number of carbonyl (C=O) groups is 2.